The third-order valence-electron chi connectivity index (χ3n) is 4.84. The number of anilines is 1. The Hall–Kier alpha value is -2.69. The number of ether oxygens (including phenoxy) is 2. The second-order valence-electron chi connectivity index (χ2n) is 6.84. The van der Waals surface area contributed by atoms with Crippen molar-refractivity contribution in [2.24, 2.45) is 0 Å². The van der Waals surface area contributed by atoms with Crippen molar-refractivity contribution in [3.63, 3.8) is 0 Å². The van der Waals surface area contributed by atoms with Gasteiger partial charge in [-0.25, -0.2) is 0 Å². The summed E-state index contributed by atoms with van der Waals surface area (Å²) >= 11 is 0. The lowest BCUT2D eigenvalue weighted by Crippen LogP contribution is -2.48. The summed E-state index contributed by atoms with van der Waals surface area (Å²) in [5.41, 5.74) is 2.32. The third-order valence-corrected chi connectivity index (χ3v) is 4.84. The molecule has 2 aromatic rings. The average molecular weight is 368 g/mol. The number of benzene rings is 2. The van der Waals surface area contributed by atoms with Gasteiger partial charge in [-0.15, -0.1) is 0 Å². The molecule has 0 aliphatic carbocycles. The molecular formula is C22H28N2O3. The number of hydrogen-bond donors (Lipinski definition) is 0. The molecule has 5 heteroatoms. The van der Waals surface area contributed by atoms with Crippen molar-refractivity contribution in [2.45, 2.75) is 19.8 Å². The van der Waals surface area contributed by atoms with E-state index in [1.807, 2.05) is 54.3 Å². The maximum atomic E-state index is 12.4. The minimum absolute atomic E-state index is 0.216. The molecule has 1 aliphatic rings. The topological polar surface area (TPSA) is 42.0 Å². The first-order chi connectivity index (χ1) is 13.2. The quantitative estimate of drug-likeness (QED) is 0.702. The highest BCUT2D eigenvalue weighted by atomic mass is 16.5. The molecule has 0 saturated carbocycles. The molecule has 1 heterocycles. The van der Waals surface area contributed by atoms with Gasteiger partial charge in [-0.3, -0.25) is 4.79 Å². The van der Waals surface area contributed by atoms with Gasteiger partial charge in [0.15, 0.2) is 0 Å². The summed E-state index contributed by atoms with van der Waals surface area (Å²) in [5.74, 6) is 1.95. The molecule has 5 nitrogen and oxygen atoms in total. The van der Waals surface area contributed by atoms with Gasteiger partial charge in [-0.05, 0) is 43.2 Å². The zero-order chi connectivity index (χ0) is 19.1. The molecule has 27 heavy (non-hydrogen) atoms. The fourth-order valence-electron chi connectivity index (χ4n) is 3.30. The number of rotatable bonds is 7. The first-order valence-electron chi connectivity index (χ1n) is 9.52. The average Bonchev–Trinajstić information content (AvgIpc) is 2.71. The summed E-state index contributed by atoms with van der Waals surface area (Å²) in [7, 11) is 1.68. The van der Waals surface area contributed by atoms with Crippen LogP contribution in [0.15, 0.2) is 48.5 Å². The van der Waals surface area contributed by atoms with Crippen molar-refractivity contribution in [3.8, 4) is 11.5 Å². The van der Waals surface area contributed by atoms with Gasteiger partial charge in [-0.2, -0.15) is 0 Å². The molecule has 1 aliphatic heterocycles. The Morgan fingerprint density at radius 1 is 1.00 bits per heavy atom. The first kappa shape index (κ1) is 19.1. The van der Waals surface area contributed by atoms with Gasteiger partial charge in [0.1, 0.15) is 11.5 Å². The van der Waals surface area contributed by atoms with E-state index in [9.17, 15) is 4.79 Å². The number of hydrogen-bond acceptors (Lipinski definition) is 4. The van der Waals surface area contributed by atoms with Crippen molar-refractivity contribution in [1.29, 1.82) is 0 Å². The Morgan fingerprint density at radius 2 is 1.74 bits per heavy atom. The molecule has 1 saturated heterocycles. The Labute approximate surface area is 161 Å². The highest BCUT2D eigenvalue weighted by molar-refractivity contribution is 5.76. The number of methoxy groups -OCH3 is 1. The third kappa shape index (κ3) is 5.39. The summed E-state index contributed by atoms with van der Waals surface area (Å²) in [6, 6.07) is 16.1. The van der Waals surface area contributed by atoms with E-state index in [0.29, 0.717) is 13.0 Å². The number of carbonyl (C=O) groups excluding carboxylic acids is 1. The van der Waals surface area contributed by atoms with Crippen LogP contribution < -0.4 is 14.4 Å². The SMILES string of the molecule is COc1cccc(N2CCN(C(=O)CCCOc3cccc(C)c3)CC2)c1. The van der Waals surface area contributed by atoms with E-state index in [2.05, 4.69) is 11.0 Å². The van der Waals surface area contributed by atoms with Gasteiger partial charge in [0.05, 0.1) is 13.7 Å². The Balaban J connectivity index is 1.39. The lowest BCUT2D eigenvalue weighted by molar-refractivity contribution is -0.131. The molecule has 0 aromatic heterocycles. The normalized spacial score (nSPS) is 14.1. The summed E-state index contributed by atoms with van der Waals surface area (Å²) in [6.45, 7) is 5.82. The van der Waals surface area contributed by atoms with E-state index in [0.717, 1.165) is 49.8 Å². The van der Waals surface area contributed by atoms with Gasteiger partial charge in [-0.1, -0.05) is 18.2 Å². The van der Waals surface area contributed by atoms with E-state index < -0.39 is 0 Å². The van der Waals surface area contributed by atoms with Crippen LogP contribution in [-0.4, -0.2) is 50.7 Å². The first-order valence-corrected chi connectivity index (χ1v) is 9.52. The molecular weight excluding hydrogens is 340 g/mol. The molecule has 3 rings (SSSR count). The monoisotopic (exact) mass is 368 g/mol. The van der Waals surface area contributed by atoms with E-state index in [1.165, 1.54) is 5.56 Å². The van der Waals surface area contributed by atoms with Gasteiger partial charge in [0.2, 0.25) is 5.91 Å². The number of amides is 1. The fraction of sp³-hybridized carbons (Fsp3) is 0.409. The molecule has 144 valence electrons. The van der Waals surface area contributed by atoms with Crippen LogP contribution in [0.3, 0.4) is 0 Å². The second kappa shape index (κ2) is 9.31. The highest BCUT2D eigenvalue weighted by Crippen LogP contribution is 2.22. The van der Waals surface area contributed by atoms with E-state index in [4.69, 9.17) is 9.47 Å². The number of piperazine rings is 1. The lowest BCUT2D eigenvalue weighted by atomic mass is 10.2. The van der Waals surface area contributed by atoms with Crippen molar-refractivity contribution in [1.82, 2.24) is 4.90 Å². The fourth-order valence-corrected chi connectivity index (χ4v) is 3.30. The van der Waals surface area contributed by atoms with Crippen LogP contribution in [0.5, 0.6) is 11.5 Å². The van der Waals surface area contributed by atoms with Crippen LogP contribution in [0.2, 0.25) is 0 Å². The molecule has 2 aromatic carbocycles. The Bertz CT molecular complexity index is 755. The maximum Gasteiger partial charge on any atom is 0.222 e. The zero-order valence-electron chi connectivity index (χ0n) is 16.2. The highest BCUT2D eigenvalue weighted by Gasteiger charge is 2.21. The zero-order valence-corrected chi connectivity index (χ0v) is 16.2. The van der Waals surface area contributed by atoms with Crippen LogP contribution in [0, 0.1) is 6.92 Å². The lowest BCUT2D eigenvalue weighted by Gasteiger charge is -2.36. The molecule has 0 unspecified atom stereocenters. The molecule has 0 bridgehead atoms. The molecule has 0 spiro atoms. The predicted molar refractivity (Wildman–Crippen MR) is 108 cm³/mol. The minimum Gasteiger partial charge on any atom is -0.497 e. The predicted octanol–water partition coefficient (Wildman–Crippen LogP) is 3.51. The summed E-state index contributed by atoms with van der Waals surface area (Å²) in [5, 5.41) is 0. The summed E-state index contributed by atoms with van der Waals surface area (Å²) in [4.78, 5) is 16.7. The van der Waals surface area contributed by atoms with Crippen molar-refractivity contribution in [3.05, 3.63) is 54.1 Å². The number of carbonyl (C=O) groups is 1. The van der Waals surface area contributed by atoms with Gasteiger partial charge in [0, 0.05) is 44.4 Å². The Kier molecular flexibility index (Phi) is 6.58. The molecule has 0 radical (unpaired) electrons. The molecule has 1 fully saturated rings. The molecule has 1 amide bonds. The van der Waals surface area contributed by atoms with Crippen LogP contribution in [0.1, 0.15) is 18.4 Å². The van der Waals surface area contributed by atoms with Crippen LogP contribution in [-0.2, 0) is 4.79 Å². The number of aryl methyl sites for hydroxylation is 1. The van der Waals surface area contributed by atoms with Gasteiger partial charge < -0.3 is 19.3 Å². The van der Waals surface area contributed by atoms with Crippen molar-refractivity contribution in [2.75, 3.05) is 44.8 Å². The Morgan fingerprint density at radius 3 is 2.48 bits per heavy atom. The molecule has 0 N–H and O–H groups in total. The van der Waals surface area contributed by atoms with Crippen LogP contribution in [0.25, 0.3) is 0 Å². The second-order valence-corrected chi connectivity index (χ2v) is 6.84. The number of nitrogens with zero attached hydrogens (tertiary/aromatic N) is 2. The van der Waals surface area contributed by atoms with Crippen molar-refractivity contribution >= 4 is 11.6 Å². The smallest absolute Gasteiger partial charge is 0.222 e. The largest absolute Gasteiger partial charge is 0.497 e. The standard InChI is InChI=1S/C22H28N2O3/c1-18-6-3-9-21(16-18)27-15-5-10-22(25)24-13-11-23(12-14-24)19-7-4-8-20(17-19)26-2/h3-4,6-9,16-17H,5,10-15H2,1-2H3. The maximum absolute atomic E-state index is 12.4. The van der Waals surface area contributed by atoms with E-state index in [-0.39, 0.29) is 5.91 Å². The van der Waals surface area contributed by atoms with Crippen LogP contribution >= 0.6 is 0 Å². The summed E-state index contributed by atoms with van der Waals surface area (Å²) < 4.78 is 11.0. The van der Waals surface area contributed by atoms with E-state index >= 15 is 0 Å². The van der Waals surface area contributed by atoms with E-state index in [1.54, 1.807) is 7.11 Å². The van der Waals surface area contributed by atoms with Crippen molar-refractivity contribution < 1.29 is 14.3 Å². The van der Waals surface area contributed by atoms with Crippen LogP contribution in [0.4, 0.5) is 5.69 Å². The molecule has 0 atom stereocenters. The van der Waals surface area contributed by atoms with Gasteiger partial charge >= 0.3 is 0 Å². The minimum atomic E-state index is 0.216. The van der Waals surface area contributed by atoms with Gasteiger partial charge in [0.25, 0.3) is 0 Å². The summed E-state index contributed by atoms with van der Waals surface area (Å²) in [6.07, 6.45) is 1.27.